The molecule has 0 radical (unpaired) electrons. The van der Waals surface area contributed by atoms with Gasteiger partial charge in [-0.15, -0.1) is 11.3 Å². The van der Waals surface area contributed by atoms with Crippen molar-refractivity contribution in [3.63, 3.8) is 0 Å². The van der Waals surface area contributed by atoms with Gasteiger partial charge in [0.25, 0.3) is 0 Å². The SMILES string of the molecule is CCN(Cc1ccccc1NC(=O)Cc1csc(-c2ccc(C)o2)n1)C(=O)OC(C)(C)C. The Morgan fingerprint density at radius 1 is 1.19 bits per heavy atom. The number of benzene rings is 1. The molecule has 0 bridgehead atoms. The Balaban J connectivity index is 1.66. The van der Waals surface area contributed by atoms with Crippen LogP contribution in [0.25, 0.3) is 10.8 Å². The van der Waals surface area contributed by atoms with Gasteiger partial charge in [-0.25, -0.2) is 9.78 Å². The van der Waals surface area contributed by atoms with Crippen LogP contribution >= 0.6 is 11.3 Å². The molecule has 2 heterocycles. The third-order valence-corrected chi connectivity index (χ3v) is 5.44. The number of nitrogens with one attached hydrogen (secondary N) is 1. The number of para-hydroxylation sites is 1. The normalized spacial score (nSPS) is 11.3. The van der Waals surface area contributed by atoms with E-state index in [9.17, 15) is 9.59 Å². The van der Waals surface area contributed by atoms with Gasteiger partial charge in [-0.3, -0.25) is 4.79 Å². The van der Waals surface area contributed by atoms with Crippen molar-refractivity contribution in [1.82, 2.24) is 9.88 Å². The summed E-state index contributed by atoms with van der Waals surface area (Å²) in [6, 6.07) is 11.2. The number of hydrogen-bond donors (Lipinski definition) is 1. The number of aryl methyl sites for hydroxylation is 1. The lowest BCUT2D eigenvalue weighted by molar-refractivity contribution is -0.115. The van der Waals surface area contributed by atoms with Crippen molar-refractivity contribution in [2.45, 2.75) is 53.2 Å². The fraction of sp³-hybridized carbons (Fsp3) is 0.375. The van der Waals surface area contributed by atoms with E-state index in [0.29, 0.717) is 30.2 Å². The lowest BCUT2D eigenvalue weighted by Gasteiger charge is -2.27. The van der Waals surface area contributed by atoms with E-state index >= 15 is 0 Å². The van der Waals surface area contributed by atoms with E-state index in [4.69, 9.17) is 9.15 Å². The maximum atomic E-state index is 12.7. The summed E-state index contributed by atoms with van der Waals surface area (Å²) in [7, 11) is 0. The van der Waals surface area contributed by atoms with Gasteiger partial charge in [-0.2, -0.15) is 0 Å². The fourth-order valence-corrected chi connectivity index (χ4v) is 3.81. The molecule has 0 fully saturated rings. The van der Waals surface area contributed by atoms with Gasteiger partial charge < -0.3 is 19.4 Å². The molecule has 2 aromatic heterocycles. The molecule has 2 amide bonds. The maximum absolute atomic E-state index is 12.7. The predicted molar refractivity (Wildman–Crippen MR) is 126 cm³/mol. The Kier molecular flexibility index (Phi) is 7.35. The molecule has 0 unspecified atom stereocenters. The first-order valence-corrected chi connectivity index (χ1v) is 11.4. The Hall–Kier alpha value is -3.13. The van der Waals surface area contributed by atoms with Crippen LogP contribution in [-0.2, 0) is 22.5 Å². The number of amides is 2. The average Bonchev–Trinajstić information content (AvgIpc) is 3.34. The molecule has 0 aliphatic carbocycles. The molecule has 1 N–H and O–H groups in total. The number of furan rings is 1. The third-order valence-electron chi connectivity index (χ3n) is 4.53. The van der Waals surface area contributed by atoms with Crippen LogP contribution in [0.4, 0.5) is 10.5 Å². The zero-order valence-electron chi connectivity index (χ0n) is 19.1. The summed E-state index contributed by atoms with van der Waals surface area (Å²) in [5.41, 5.74) is 1.60. The highest BCUT2D eigenvalue weighted by molar-refractivity contribution is 7.13. The van der Waals surface area contributed by atoms with E-state index in [0.717, 1.165) is 16.3 Å². The standard InChI is InChI=1S/C24H29N3O4S/c1-6-27(23(29)31-24(3,4)5)14-17-9-7-8-10-19(17)26-21(28)13-18-15-32-22(25-18)20-12-11-16(2)30-20/h7-12,15H,6,13-14H2,1-5H3,(H,26,28). The molecule has 3 rings (SSSR count). The van der Waals surface area contributed by atoms with Gasteiger partial charge in [0.1, 0.15) is 11.4 Å². The molecule has 3 aromatic rings. The second kappa shape index (κ2) is 9.99. The molecule has 1 aromatic carbocycles. The lowest BCUT2D eigenvalue weighted by Crippen LogP contribution is -2.36. The third kappa shape index (κ3) is 6.43. The highest BCUT2D eigenvalue weighted by Crippen LogP contribution is 2.26. The minimum Gasteiger partial charge on any atom is -0.459 e. The molecule has 0 aliphatic heterocycles. The van der Waals surface area contributed by atoms with Gasteiger partial charge in [-0.1, -0.05) is 18.2 Å². The largest absolute Gasteiger partial charge is 0.459 e. The van der Waals surface area contributed by atoms with E-state index < -0.39 is 5.60 Å². The number of ether oxygens (including phenoxy) is 1. The topological polar surface area (TPSA) is 84.7 Å². The van der Waals surface area contributed by atoms with Crippen molar-refractivity contribution < 1.29 is 18.7 Å². The van der Waals surface area contributed by atoms with E-state index in [1.54, 1.807) is 4.90 Å². The Morgan fingerprint density at radius 2 is 1.94 bits per heavy atom. The first-order valence-electron chi connectivity index (χ1n) is 10.5. The summed E-state index contributed by atoms with van der Waals surface area (Å²) in [5, 5.41) is 5.56. The summed E-state index contributed by atoms with van der Waals surface area (Å²) in [6.45, 7) is 10.1. The van der Waals surface area contributed by atoms with Crippen molar-refractivity contribution >= 4 is 29.0 Å². The molecule has 32 heavy (non-hydrogen) atoms. The second-order valence-corrected chi connectivity index (χ2v) is 9.29. The van der Waals surface area contributed by atoms with Gasteiger partial charge in [0, 0.05) is 17.6 Å². The molecule has 0 saturated carbocycles. The molecule has 170 valence electrons. The smallest absolute Gasteiger partial charge is 0.410 e. The van der Waals surface area contributed by atoms with Gasteiger partial charge in [0.05, 0.1) is 18.7 Å². The zero-order chi connectivity index (χ0) is 23.3. The maximum Gasteiger partial charge on any atom is 0.410 e. The van der Waals surface area contributed by atoms with Crippen LogP contribution in [-0.4, -0.2) is 34.0 Å². The Labute approximate surface area is 192 Å². The minimum absolute atomic E-state index is 0.147. The summed E-state index contributed by atoms with van der Waals surface area (Å²) in [6.07, 6.45) is -0.238. The predicted octanol–water partition coefficient (Wildman–Crippen LogP) is 5.65. The van der Waals surface area contributed by atoms with Crippen LogP contribution in [0, 0.1) is 6.92 Å². The number of aromatic nitrogens is 1. The van der Waals surface area contributed by atoms with Gasteiger partial charge in [0.2, 0.25) is 5.91 Å². The number of carbonyl (C=O) groups is 2. The van der Waals surface area contributed by atoms with Crippen LogP contribution in [0.1, 0.15) is 44.7 Å². The first kappa shape index (κ1) is 23.5. The Bertz CT molecular complexity index is 1080. The van der Waals surface area contributed by atoms with Crippen molar-refractivity contribution in [3.05, 3.63) is 58.8 Å². The summed E-state index contributed by atoms with van der Waals surface area (Å²) < 4.78 is 11.1. The van der Waals surface area contributed by atoms with E-state index in [1.807, 2.05) is 76.4 Å². The molecule has 0 atom stereocenters. The number of anilines is 1. The molecule has 0 aliphatic rings. The molecule has 0 spiro atoms. The Morgan fingerprint density at radius 3 is 2.59 bits per heavy atom. The van der Waals surface area contributed by atoms with Crippen LogP contribution in [0.15, 0.2) is 46.2 Å². The summed E-state index contributed by atoms with van der Waals surface area (Å²) in [4.78, 5) is 31.3. The van der Waals surface area contributed by atoms with Gasteiger partial charge in [-0.05, 0) is 58.4 Å². The van der Waals surface area contributed by atoms with Crippen molar-refractivity contribution in [2.24, 2.45) is 0 Å². The average molecular weight is 456 g/mol. The molecular weight excluding hydrogens is 426 g/mol. The molecule has 7 nitrogen and oxygen atoms in total. The highest BCUT2D eigenvalue weighted by Gasteiger charge is 2.22. The highest BCUT2D eigenvalue weighted by atomic mass is 32.1. The minimum atomic E-state index is -0.570. The second-order valence-electron chi connectivity index (χ2n) is 8.43. The van der Waals surface area contributed by atoms with Crippen molar-refractivity contribution in [1.29, 1.82) is 0 Å². The molecule has 0 saturated heterocycles. The number of carbonyl (C=O) groups excluding carboxylic acids is 2. The quantitative estimate of drug-likeness (QED) is 0.498. The van der Waals surface area contributed by atoms with Gasteiger partial charge in [0.15, 0.2) is 10.8 Å². The van der Waals surface area contributed by atoms with E-state index in [-0.39, 0.29) is 18.4 Å². The fourth-order valence-electron chi connectivity index (χ4n) is 3.03. The van der Waals surface area contributed by atoms with Crippen LogP contribution < -0.4 is 5.32 Å². The zero-order valence-corrected chi connectivity index (χ0v) is 19.9. The van der Waals surface area contributed by atoms with Crippen molar-refractivity contribution in [3.8, 4) is 10.8 Å². The number of thiazole rings is 1. The lowest BCUT2D eigenvalue weighted by atomic mass is 10.1. The summed E-state index contributed by atoms with van der Waals surface area (Å²) >= 11 is 1.44. The van der Waals surface area contributed by atoms with Crippen LogP contribution in [0.5, 0.6) is 0 Å². The number of rotatable bonds is 7. The van der Waals surface area contributed by atoms with Crippen LogP contribution in [0.3, 0.4) is 0 Å². The van der Waals surface area contributed by atoms with E-state index in [2.05, 4.69) is 10.3 Å². The molecule has 8 heteroatoms. The molecular formula is C24H29N3O4S. The first-order chi connectivity index (χ1) is 15.1. The van der Waals surface area contributed by atoms with Crippen LogP contribution in [0.2, 0.25) is 0 Å². The number of nitrogens with zero attached hydrogens (tertiary/aromatic N) is 2. The monoisotopic (exact) mass is 455 g/mol. The summed E-state index contributed by atoms with van der Waals surface area (Å²) in [5.74, 6) is 1.34. The van der Waals surface area contributed by atoms with E-state index in [1.165, 1.54) is 11.3 Å². The van der Waals surface area contributed by atoms with Crippen molar-refractivity contribution in [2.75, 3.05) is 11.9 Å². The number of hydrogen-bond acceptors (Lipinski definition) is 6. The van der Waals surface area contributed by atoms with Gasteiger partial charge >= 0.3 is 6.09 Å².